The van der Waals surface area contributed by atoms with E-state index in [0.717, 1.165) is 24.9 Å². The second kappa shape index (κ2) is 8.72. The van der Waals surface area contributed by atoms with Crippen LogP contribution in [-0.4, -0.2) is 13.1 Å². The van der Waals surface area contributed by atoms with E-state index in [9.17, 15) is 0 Å². The van der Waals surface area contributed by atoms with E-state index < -0.39 is 0 Å². The molecule has 0 amide bonds. The molecule has 0 fully saturated rings. The number of hydrogen-bond acceptors (Lipinski definition) is 2. The van der Waals surface area contributed by atoms with Gasteiger partial charge in [-0.15, -0.1) is 11.3 Å². The molecule has 18 heavy (non-hydrogen) atoms. The van der Waals surface area contributed by atoms with Crippen molar-refractivity contribution in [3.63, 3.8) is 0 Å². The Labute approximate surface area is 132 Å². The lowest BCUT2D eigenvalue weighted by Gasteiger charge is -2.12. The Morgan fingerprint density at radius 2 is 1.94 bits per heavy atom. The number of aryl methyl sites for hydroxylation is 1. The molecule has 1 N–H and O–H groups in total. The minimum Gasteiger partial charge on any atom is -0.316 e. The normalized spacial score (nSPS) is 13.2. The van der Waals surface area contributed by atoms with E-state index >= 15 is 0 Å². The summed E-state index contributed by atoms with van der Waals surface area (Å²) in [5.41, 5.74) is 1.44. The fourth-order valence-electron chi connectivity index (χ4n) is 1.83. The van der Waals surface area contributed by atoms with Crippen LogP contribution >= 0.6 is 43.2 Å². The first-order valence-corrected chi connectivity index (χ1v) is 9.03. The van der Waals surface area contributed by atoms with Crippen molar-refractivity contribution in [2.24, 2.45) is 11.8 Å². The van der Waals surface area contributed by atoms with Crippen molar-refractivity contribution in [2.75, 3.05) is 13.1 Å². The Kier molecular flexibility index (Phi) is 8.08. The summed E-state index contributed by atoms with van der Waals surface area (Å²) in [6, 6.07) is 2.23. The molecule has 1 atom stereocenters. The number of nitrogens with one attached hydrogen (secondary N) is 1. The number of thiophene rings is 1. The van der Waals surface area contributed by atoms with Crippen LogP contribution in [0.3, 0.4) is 0 Å². The Morgan fingerprint density at radius 3 is 2.50 bits per heavy atom. The van der Waals surface area contributed by atoms with Gasteiger partial charge in [0.1, 0.15) is 0 Å². The number of rotatable bonds is 8. The Bertz CT molecular complexity index is 350. The molecule has 0 aliphatic heterocycles. The van der Waals surface area contributed by atoms with Gasteiger partial charge in [0.2, 0.25) is 0 Å². The summed E-state index contributed by atoms with van der Waals surface area (Å²) >= 11 is 8.92. The van der Waals surface area contributed by atoms with Gasteiger partial charge in [-0.1, -0.05) is 20.8 Å². The molecule has 0 radical (unpaired) electrons. The largest absolute Gasteiger partial charge is 0.316 e. The highest BCUT2D eigenvalue weighted by molar-refractivity contribution is 9.12. The van der Waals surface area contributed by atoms with Gasteiger partial charge in [0, 0.05) is 0 Å². The van der Waals surface area contributed by atoms with E-state index in [-0.39, 0.29) is 0 Å². The van der Waals surface area contributed by atoms with Crippen LogP contribution in [0.1, 0.15) is 39.2 Å². The maximum absolute atomic E-state index is 3.62. The molecular formula is C14H23Br2NS. The molecule has 0 aromatic carbocycles. The molecule has 1 nitrogen and oxygen atoms in total. The van der Waals surface area contributed by atoms with E-state index in [1.54, 1.807) is 11.3 Å². The lowest BCUT2D eigenvalue weighted by molar-refractivity contribution is 0.454. The van der Waals surface area contributed by atoms with Crippen LogP contribution in [0, 0.1) is 11.8 Å². The third-order valence-electron chi connectivity index (χ3n) is 3.00. The van der Waals surface area contributed by atoms with Crippen LogP contribution in [0.15, 0.2) is 13.6 Å². The highest BCUT2D eigenvalue weighted by Gasteiger charge is 2.08. The van der Waals surface area contributed by atoms with Gasteiger partial charge < -0.3 is 5.32 Å². The van der Waals surface area contributed by atoms with Gasteiger partial charge in [-0.05, 0) is 87.7 Å². The fourth-order valence-corrected chi connectivity index (χ4v) is 4.74. The summed E-state index contributed by atoms with van der Waals surface area (Å²) in [6.07, 6.45) is 3.72. The zero-order valence-corrected chi connectivity index (χ0v) is 15.4. The summed E-state index contributed by atoms with van der Waals surface area (Å²) in [4.78, 5) is 0. The molecule has 0 bridgehead atoms. The van der Waals surface area contributed by atoms with Crippen LogP contribution in [0.2, 0.25) is 0 Å². The van der Waals surface area contributed by atoms with Gasteiger partial charge >= 0.3 is 0 Å². The molecule has 1 unspecified atom stereocenters. The maximum Gasteiger partial charge on any atom is 0.0742 e. The first kappa shape index (κ1) is 16.7. The number of halogens is 2. The summed E-state index contributed by atoms with van der Waals surface area (Å²) in [5, 5.41) is 3.51. The van der Waals surface area contributed by atoms with Gasteiger partial charge in [-0.3, -0.25) is 0 Å². The van der Waals surface area contributed by atoms with Crippen LogP contribution in [0.5, 0.6) is 0 Å². The molecule has 4 heteroatoms. The molecule has 1 rings (SSSR count). The molecule has 1 heterocycles. The van der Waals surface area contributed by atoms with Crippen molar-refractivity contribution in [3.8, 4) is 0 Å². The van der Waals surface area contributed by atoms with E-state index in [2.05, 4.69) is 64.0 Å². The molecule has 0 aliphatic rings. The number of hydrogen-bond donors (Lipinski definition) is 1. The third-order valence-corrected chi connectivity index (χ3v) is 5.46. The first-order valence-electron chi connectivity index (χ1n) is 6.63. The first-order chi connectivity index (χ1) is 8.49. The topological polar surface area (TPSA) is 12.0 Å². The zero-order valence-electron chi connectivity index (χ0n) is 11.4. The van der Waals surface area contributed by atoms with Gasteiger partial charge in [0.05, 0.1) is 7.57 Å². The lowest BCUT2D eigenvalue weighted by Crippen LogP contribution is -2.22. The van der Waals surface area contributed by atoms with Crippen molar-refractivity contribution in [1.82, 2.24) is 5.32 Å². The zero-order chi connectivity index (χ0) is 13.5. The molecule has 0 aliphatic carbocycles. The van der Waals surface area contributed by atoms with Crippen LogP contribution < -0.4 is 5.32 Å². The molecular weight excluding hydrogens is 374 g/mol. The average Bonchev–Trinajstić information content (AvgIpc) is 2.60. The van der Waals surface area contributed by atoms with Crippen LogP contribution in [0.25, 0.3) is 0 Å². The highest BCUT2D eigenvalue weighted by atomic mass is 79.9. The lowest BCUT2D eigenvalue weighted by atomic mass is 9.99. The fraction of sp³-hybridized carbons (Fsp3) is 0.714. The predicted octanol–water partition coefficient (Wildman–Crippen LogP) is 5.48. The van der Waals surface area contributed by atoms with E-state index in [4.69, 9.17) is 0 Å². The Balaban J connectivity index is 2.17. The minimum atomic E-state index is 0.749. The average molecular weight is 397 g/mol. The van der Waals surface area contributed by atoms with Gasteiger partial charge in [0.25, 0.3) is 0 Å². The van der Waals surface area contributed by atoms with E-state index in [0.29, 0.717) is 0 Å². The monoisotopic (exact) mass is 395 g/mol. The molecule has 0 saturated carbocycles. The highest BCUT2D eigenvalue weighted by Crippen LogP contribution is 2.33. The molecule has 0 saturated heterocycles. The summed E-state index contributed by atoms with van der Waals surface area (Å²) < 4.78 is 2.50. The van der Waals surface area contributed by atoms with Crippen molar-refractivity contribution in [2.45, 2.75) is 40.0 Å². The second-order valence-electron chi connectivity index (χ2n) is 5.38. The van der Waals surface area contributed by atoms with Crippen LogP contribution in [0.4, 0.5) is 0 Å². The standard InChI is InChI=1S/C14H23Br2NS/c1-10(2)9-17-7-6-11(3)4-5-12-8-13(15)18-14(12)16/h8,10-11,17H,4-7,9H2,1-3H3. The van der Waals surface area contributed by atoms with Gasteiger partial charge in [-0.25, -0.2) is 0 Å². The minimum absolute atomic E-state index is 0.749. The van der Waals surface area contributed by atoms with Gasteiger partial charge in [0.15, 0.2) is 0 Å². The van der Waals surface area contributed by atoms with Crippen molar-refractivity contribution < 1.29 is 0 Å². The van der Waals surface area contributed by atoms with E-state index in [1.807, 2.05) is 0 Å². The maximum atomic E-state index is 3.62. The SMILES string of the molecule is CC(C)CNCCC(C)CCc1cc(Br)sc1Br. The second-order valence-corrected chi connectivity index (χ2v) is 9.13. The Morgan fingerprint density at radius 1 is 1.22 bits per heavy atom. The van der Waals surface area contributed by atoms with Crippen LogP contribution in [-0.2, 0) is 6.42 Å². The van der Waals surface area contributed by atoms with Crippen molar-refractivity contribution in [3.05, 3.63) is 19.2 Å². The Hall–Kier alpha value is 0.620. The molecule has 1 aromatic heterocycles. The van der Waals surface area contributed by atoms with Crippen molar-refractivity contribution >= 4 is 43.2 Å². The summed E-state index contributed by atoms with van der Waals surface area (Å²) in [7, 11) is 0. The molecule has 1 aromatic rings. The van der Waals surface area contributed by atoms with E-state index in [1.165, 1.54) is 32.4 Å². The van der Waals surface area contributed by atoms with Crippen molar-refractivity contribution in [1.29, 1.82) is 0 Å². The molecule has 104 valence electrons. The third kappa shape index (κ3) is 6.69. The summed E-state index contributed by atoms with van der Waals surface area (Å²) in [6.45, 7) is 9.14. The van der Waals surface area contributed by atoms with Gasteiger partial charge in [-0.2, -0.15) is 0 Å². The quantitative estimate of drug-likeness (QED) is 0.573. The smallest absolute Gasteiger partial charge is 0.0742 e. The molecule has 0 spiro atoms. The predicted molar refractivity (Wildman–Crippen MR) is 89.5 cm³/mol. The summed E-state index contributed by atoms with van der Waals surface area (Å²) in [5.74, 6) is 1.54.